The molecule has 0 aliphatic carbocycles. The van der Waals surface area contributed by atoms with Crippen LogP contribution in [0.5, 0.6) is 11.5 Å². The average molecular weight is 351 g/mol. The number of carbonyl (C=O) groups is 2. The van der Waals surface area contributed by atoms with E-state index in [2.05, 4.69) is 10.6 Å². The van der Waals surface area contributed by atoms with Gasteiger partial charge >= 0.3 is 6.03 Å². The highest BCUT2D eigenvalue weighted by atomic mass is 16.5. The summed E-state index contributed by atoms with van der Waals surface area (Å²) in [7, 11) is 3.08. The lowest BCUT2D eigenvalue weighted by atomic mass is 10.2. The van der Waals surface area contributed by atoms with E-state index in [4.69, 9.17) is 14.6 Å². The molecule has 1 fully saturated rings. The smallest absolute Gasteiger partial charge is 0.315 e. The van der Waals surface area contributed by atoms with Crippen LogP contribution in [-0.4, -0.2) is 56.5 Å². The molecule has 1 heterocycles. The number of aliphatic hydroxyl groups excluding tert-OH is 1. The third-order valence-electron chi connectivity index (χ3n) is 4.19. The molecule has 8 nitrogen and oxygen atoms in total. The Morgan fingerprint density at radius 2 is 2.08 bits per heavy atom. The minimum atomic E-state index is -0.382. The first-order valence-electron chi connectivity index (χ1n) is 8.22. The molecule has 1 aliphatic heterocycles. The summed E-state index contributed by atoms with van der Waals surface area (Å²) in [5, 5.41) is 14.6. The van der Waals surface area contributed by atoms with E-state index in [0.717, 1.165) is 0 Å². The minimum absolute atomic E-state index is 0.0771. The lowest BCUT2D eigenvalue weighted by Crippen LogP contribution is -2.48. The van der Waals surface area contributed by atoms with Crippen LogP contribution in [0.25, 0.3) is 0 Å². The van der Waals surface area contributed by atoms with Gasteiger partial charge < -0.3 is 30.1 Å². The largest absolute Gasteiger partial charge is 0.493 e. The Morgan fingerprint density at radius 3 is 2.68 bits per heavy atom. The Labute approximate surface area is 147 Å². The number of ether oxygens (including phenoxy) is 2. The lowest BCUT2D eigenvalue weighted by Gasteiger charge is -2.20. The van der Waals surface area contributed by atoms with Crippen LogP contribution in [0.15, 0.2) is 18.2 Å². The number of nitrogens with one attached hydrogen (secondary N) is 2. The van der Waals surface area contributed by atoms with Crippen LogP contribution in [0.4, 0.5) is 10.5 Å². The molecule has 8 heteroatoms. The van der Waals surface area contributed by atoms with Crippen LogP contribution in [0.3, 0.4) is 0 Å². The molecule has 0 aromatic heterocycles. The molecule has 3 amide bonds. The van der Waals surface area contributed by atoms with Crippen LogP contribution < -0.4 is 25.0 Å². The number of amides is 3. The van der Waals surface area contributed by atoms with E-state index >= 15 is 0 Å². The van der Waals surface area contributed by atoms with E-state index in [0.29, 0.717) is 30.2 Å². The molecule has 1 aliphatic rings. The number of hydrogen-bond acceptors (Lipinski definition) is 5. The summed E-state index contributed by atoms with van der Waals surface area (Å²) < 4.78 is 10.5. The summed E-state index contributed by atoms with van der Waals surface area (Å²) in [5.41, 5.74) is 0.689. The standard InChI is InChI=1S/C17H25N3O5/c1-4-11(10-21)18-17(23)19-12-7-16(22)20(9-12)13-5-6-14(24-2)15(8-13)25-3/h5-6,8,11-12,21H,4,7,9-10H2,1-3H3,(H2,18,19,23)/t11-,12-/m0/s1. The predicted octanol–water partition coefficient (Wildman–Crippen LogP) is 0.879. The third-order valence-corrected chi connectivity index (χ3v) is 4.19. The zero-order valence-corrected chi connectivity index (χ0v) is 14.7. The summed E-state index contributed by atoms with van der Waals surface area (Å²) in [5.74, 6) is 1.05. The van der Waals surface area contributed by atoms with E-state index in [9.17, 15) is 9.59 Å². The zero-order valence-electron chi connectivity index (χ0n) is 14.7. The Morgan fingerprint density at radius 1 is 1.36 bits per heavy atom. The van der Waals surface area contributed by atoms with E-state index in [1.807, 2.05) is 6.92 Å². The van der Waals surface area contributed by atoms with Crippen molar-refractivity contribution in [1.29, 1.82) is 0 Å². The van der Waals surface area contributed by atoms with Crippen molar-refractivity contribution in [2.75, 3.05) is 32.3 Å². The van der Waals surface area contributed by atoms with Gasteiger partial charge in [-0.1, -0.05) is 6.92 Å². The molecule has 2 atom stereocenters. The van der Waals surface area contributed by atoms with E-state index in [-0.39, 0.29) is 37.0 Å². The Hall–Kier alpha value is -2.48. The van der Waals surface area contributed by atoms with Crippen molar-refractivity contribution in [3.8, 4) is 11.5 Å². The summed E-state index contributed by atoms with van der Waals surface area (Å²) in [6.45, 7) is 2.13. The highest BCUT2D eigenvalue weighted by molar-refractivity contribution is 5.97. The fraction of sp³-hybridized carbons (Fsp3) is 0.529. The number of benzene rings is 1. The van der Waals surface area contributed by atoms with E-state index in [1.54, 1.807) is 30.2 Å². The van der Waals surface area contributed by atoms with Crippen molar-refractivity contribution in [2.24, 2.45) is 0 Å². The van der Waals surface area contributed by atoms with Gasteiger partial charge in [0.1, 0.15) is 0 Å². The number of aliphatic hydroxyl groups is 1. The van der Waals surface area contributed by atoms with Crippen LogP contribution in [0.2, 0.25) is 0 Å². The minimum Gasteiger partial charge on any atom is -0.493 e. The van der Waals surface area contributed by atoms with Crippen molar-refractivity contribution in [3.63, 3.8) is 0 Å². The summed E-state index contributed by atoms with van der Waals surface area (Å²) >= 11 is 0. The Bertz CT molecular complexity index is 618. The average Bonchev–Trinajstić information content (AvgIpc) is 2.98. The molecule has 1 saturated heterocycles. The van der Waals surface area contributed by atoms with Crippen molar-refractivity contribution >= 4 is 17.6 Å². The number of hydrogen-bond donors (Lipinski definition) is 3. The van der Waals surface area contributed by atoms with E-state index in [1.165, 1.54) is 7.11 Å². The summed E-state index contributed by atoms with van der Waals surface area (Å²) in [6, 6.07) is 4.28. The molecule has 138 valence electrons. The molecule has 2 rings (SSSR count). The first-order valence-corrected chi connectivity index (χ1v) is 8.22. The van der Waals surface area contributed by atoms with Gasteiger partial charge in [-0.3, -0.25) is 4.79 Å². The predicted molar refractivity (Wildman–Crippen MR) is 93.1 cm³/mol. The second-order valence-electron chi connectivity index (χ2n) is 5.85. The number of anilines is 1. The number of rotatable bonds is 7. The monoisotopic (exact) mass is 351 g/mol. The van der Waals surface area contributed by atoms with Gasteiger partial charge in [0, 0.05) is 24.7 Å². The van der Waals surface area contributed by atoms with Gasteiger partial charge in [-0.25, -0.2) is 4.79 Å². The fourth-order valence-corrected chi connectivity index (χ4v) is 2.74. The number of nitrogens with zero attached hydrogens (tertiary/aromatic N) is 1. The van der Waals surface area contributed by atoms with Gasteiger partial charge in [-0.2, -0.15) is 0 Å². The topological polar surface area (TPSA) is 100 Å². The number of urea groups is 1. The molecular weight excluding hydrogens is 326 g/mol. The molecule has 25 heavy (non-hydrogen) atoms. The van der Waals surface area contributed by atoms with Gasteiger partial charge in [0.2, 0.25) is 5.91 Å². The molecule has 1 aromatic carbocycles. The van der Waals surface area contributed by atoms with Crippen molar-refractivity contribution in [3.05, 3.63) is 18.2 Å². The third kappa shape index (κ3) is 4.54. The SMILES string of the molecule is CC[C@@H](CO)NC(=O)N[C@H]1CC(=O)N(c2ccc(OC)c(OC)c2)C1. The van der Waals surface area contributed by atoms with Crippen molar-refractivity contribution < 1.29 is 24.2 Å². The molecule has 3 N–H and O–H groups in total. The lowest BCUT2D eigenvalue weighted by molar-refractivity contribution is -0.117. The highest BCUT2D eigenvalue weighted by Gasteiger charge is 2.32. The van der Waals surface area contributed by atoms with Crippen molar-refractivity contribution in [2.45, 2.75) is 31.8 Å². The van der Waals surface area contributed by atoms with Crippen LogP contribution in [-0.2, 0) is 4.79 Å². The normalized spacial score (nSPS) is 18.0. The maximum absolute atomic E-state index is 12.3. The Balaban J connectivity index is 2.01. The first-order chi connectivity index (χ1) is 12.0. The molecule has 0 saturated carbocycles. The van der Waals surface area contributed by atoms with Gasteiger partial charge in [0.25, 0.3) is 0 Å². The van der Waals surface area contributed by atoms with Gasteiger partial charge in [0.15, 0.2) is 11.5 Å². The van der Waals surface area contributed by atoms with Gasteiger partial charge in [-0.05, 0) is 18.6 Å². The van der Waals surface area contributed by atoms with Gasteiger partial charge in [-0.15, -0.1) is 0 Å². The van der Waals surface area contributed by atoms with Crippen LogP contribution in [0.1, 0.15) is 19.8 Å². The molecule has 0 unspecified atom stereocenters. The number of carbonyl (C=O) groups excluding carboxylic acids is 2. The zero-order chi connectivity index (χ0) is 18.4. The Kier molecular flexibility index (Phi) is 6.46. The maximum atomic E-state index is 12.3. The fourth-order valence-electron chi connectivity index (χ4n) is 2.74. The van der Waals surface area contributed by atoms with Gasteiger partial charge in [0.05, 0.1) is 32.9 Å². The first kappa shape index (κ1) is 18.9. The molecule has 0 radical (unpaired) electrons. The van der Waals surface area contributed by atoms with Crippen LogP contribution in [0, 0.1) is 0 Å². The quantitative estimate of drug-likeness (QED) is 0.677. The molecule has 0 bridgehead atoms. The van der Waals surface area contributed by atoms with Crippen molar-refractivity contribution in [1.82, 2.24) is 10.6 Å². The maximum Gasteiger partial charge on any atom is 0.315 e. The number of methoxy groups -OCH3 is 2. The highest BCUT2D eigenvalue weighted by Crippen LogP contribution is 2.33. The molecule has 1 aromatic rings. The second-order valence-corrected chi connectivity index (χ2v) is 5.85. The molecule has 0 spiro atoms. The molecular formula is C17H25N3O5. The van der Waals surface area contributed by atoms with Crippen LogP contribution >= 0.6 is 0 Å². The summed E-state index contributed by atoms with van der Waals surface area (Å²) in [4.78, 5) is 25.9. The summed E-state index contributed by atoms with van der Waals surface area (Å²) in [6.07, 6.45) is 0.850. The van der Waals surface area contributed by atoms with E-state index < -0.39 is 0 Å². The second kappa shape index (κ2) is 8.57.